The van der Waals surface area contributed by atoms with Crippen molar-refractivity contribution in [2.45, 2.75) is 70.5 Å². The molecular formula is C32H37N3O10. The maximum absolute atomic E-state index is 13.9. The van der Waals surface area contributed by atoms with Crippen molar-refractivity contribution in [1.82, 2.24) is 4.90 Å². The van der Waals surface area contributed by atoms with E-state index in [1.165, 1.54) is 0 Å². The van der Waals surface area contributed by atoms with Gasteiger partial charge >= 0.3 is 0 Å². The van der Waals surface area contributed by atoms with Gasteiger partial charge in [-0.05, 0) is 61.2 Å². The van der Waals surface area contributed by atoms with Crippen LogP contribution in [-0.4, -0.2) is 62.1 Å². The Kier molecular flexibility index (Phi) is 10.6. The number of aliphatic hydroxyl groups excluding tert-OH is 2. The van der Waals surface area contributed by atoms with Crippen molar-refractivity contribution < 1.29 is 39.6 Å². The zero-order valence-electron chi connectivity index (χ0n) is 25.3. The van der Waals surface area contributed by atoms with Gasteiger partial charge in [-0.15, -0.1) is 20.2 Å². The van der Waals surface area contributed by atoms with Crippen molar-refractivity contribution >= 4 is 5.91 Å². The van der Waals surface area contributed by atoms with Crippen LogP contribution < -0.4 is 4.74 Å². The van der Waals surface area contributed by atoms with Gasteiger partial charge in [-0.25, -0.2) is 0 Å². The number of hydrogen-bond acceptors (Lipinski definition) is 10. The summed E-state index contributed by atoms with van der Waals surface area (Å²) < 4.78 is 6.36. The van der Waals surface area contributed by atoms with Gasteiger partial charge < -0.3 is 29.5 Å². The van der Waals surface area contributed by atoms with Gasteiger partial charge in [-0.2, -0.15) is 0 Å². The smallest absolute Gasteiger partial charge is 0.294 e. The van der Waals surface area contributed by atoms with Crippen molar-refractivity contribution in [3.8, 4) is 5.75 Å². The van der Waals surface area contributed by atoms with Crippen LogP contribution in [0, 0.1) is 20.2 Å². The summed E-state index contributed by atoms with van der Waals surface area (Å²) in [6.45, 7) is 5.73. The summed E-state index contributed by atoms with van der Waals surface area (Å²) in [6, 6.07) is 19.1. The topological polar surface area (TPSA) is 175 Å². The molecule has 3 aromatic rings. The number of carbonyl (C=O) groups excluding carboxylic acids is 1. The summed E-state index contributed by atoms with van der Waals surface area (Å²) in [5, 5.41) is 39.9. The van der Waals surface area contributed by atoms with Crippen LogP contribution in [0.25, 0.3) is 0 Å². The van der Waals surface area contributed by atoms with Gasteiger partial charge in [0.1, 0.15) is 19.0 Å². The lowest BCUT2D eigenvalue weighted by Crippen LogP contribution is -2.48. The average molecular weight is 624 g/mol. The van der Waals surface area contributed by atoms with Gasteiger partial charge in [0.25, 0.3) is 16.1 Å². The Balaban J connectivity index is 1.61. The van der Waals surface area contributed by atoms with Crippen molar-refractivity contribution in [3.05, 3.63) is 120 Å². The fraction of sp³-hybridized carbons (Fsp3) is 0.406. The molecule has 3 aromatic carbocycles. The minimum atomic E-state index is -0.904. The fourth-order valence-corrected chi connectivity index (χ4v) is 5.24. The molecule has 0 saturated heterocycles. The molecule has 1 aliphatic carbocycles. The zero-order chi connectivity index (χ0) is 32.7. The predicted molar refractivity (Wildman–Crippen MR) is 161 cm³/mol. The summed E-state index contributed by atoms with van der Waals surface area (Å²) in [7, 11) is 0. The minimum absolute atomic E-state index is 0.164. The first-order valence-corrected chi connectivity index (χ1v) is 14.5. The molecule has 13 nitrogen and oxygen atoms in total. The Hall–Kier alpha value is -4.75. The first-order valence-electron chi connectivity index (χ1n) is 14.5. The minimum Gasteiger partial charge on any atom is -0.493 e. The van der Waals surface area contributed by atoms with Crippen LogP contribution in [0.5, 0.6) is 5.75 Å². The number of rotatable bonds is 13. The van der Waals surface area contributed by atoms with Crippen molar-refractivity contribution in [1.29, 1.82) is 0 Å². The zero-order valence-corrected chi connectivity index (χ0v) is 25.3. The van der Waals surface area contributed by atoms with E-state index in [9.17, 15) is 35.2 Å². The molecule has 1 aliphatic rings. The second kappa shape index (κ2) is 14.4. The Morgan fingerprint density at radius 2 is 1.44 bits per heavy atom. The molecule has 0 bridgehead atoms. The molecule has 240 valence electrons. The lowest BCUT2D eigenvalue weighted by Gasteiger charge is -2.38. The van der Waals surface area contributed by atoms with E-state index in [0.29, 0.717) is 28.9 Å². The molecule has 3 atom stereocenters. The van der Waals surface area contributed by atoms with E-state index in [2.05, 4.69) is 9.68 Å². The van der Waals surface area contributed by atoms with Crippen LogP contribution >= 0.6 is 0 Å². The highest BCUT2D eigenvalue weighted by molar-refractivity contribution is 5.94. The third-order valence-electron chi connectivity index (χ3n) is 7.74. The molecule has 13 heteroatoms. The van der Waals surface area contributed by atoms with Crippen LogP contribution in [-0.2, 0) is 35.7 Å². The van der Waals surface area contributed by atoms with Crippen molar-refractivity contribution in [2.24, 2.45) is 0 Å². The van der Waals surface area contributed by atoms with Gasteiger partial charge in [-0.3, -0.25) is 4.79 Å². The quantitative estimate of drug-likeness (QED) is 0.209. The summed E-state index contributed by atoms with van der Waals surface area (Å²) in [5.41, 5.74) is 3.48. The molecule has 1 amide bonds. The Morgan fingerprint density at radius 3 is 2.00 bits per heavy atom. The first-order chi connectivity index (χ1) is 21.3. The van der Waals surface area contributed by atoms with Gasteiger partial charge in [-0.1, -0.05) is 48.5 Å². The molecule has 0 fully saturated rings. The number of aliphatic hydroxyl groups is 2. The van der Waals surface area contributed by atoms with E-state index in [1.54, 1.807) is 41.3 Å². The Labute approximate surface area is 260 Å². The van der Waals surface area contributed by atoms with E-state index in [1.807, 2.05) is 51.1 Å². The van der Waals surface area contributed by atoms with Crippen LogP contribution in [0.2, 0.25) is 0 Å². The van der Waals surface area contributed by atoms with E-state index in [4.69, 9.17) is 4.74 Å². The Morgan fingerprint density at radius 1 is 0.889 bits per heavy atom. The highest BCUT2D eigenvalue weighted by atomic mass is 17.0. The summed E-state index contributed by atoms with van der Waals surface area (Å²) in [6.07, 6.45) is -1.19. The van der Waals surface area contributed by atoms with Gasteiger partial charge in [0, 0.05) is 42.0 Å². The molecule has 3 unspecified atom stereocenters. The van der Waals surface area contributed by atoms with Crippen LogP contribution in [0.15, 0.2) is 66.7 Å². The predicted octanol–water partition coefficient (Wildman–Crippen LogP) is 4.03. The molecule has 0 saturated carbocycles. The number of fused-ring (bicyclic) bond motifs is 1. The number of benzene rings is 3. The molecule has 0 radical (unpaired) electrons. The summed E-state index contributed by atoms with van der Waals surface area (Å²) in [4.78, 5) is 45.7. The lowest BCUT2D eigenvalue weighted by molar-refractivity contribution is -0.763. The first kappa shape index (κ1) is 33.1. The van der Waals surface area contributed by atoms with Crippen molar-refractivity contribution in [2.75, 3.05) is 13.2 Å². The number of nitrogens with zero attached hydrogens (tertiary/aromatic N) is 3. The van der Waals surface area contributed by atoms with Crippen LogP contribution in [0.4, 0.5) is 0 Å². The Bertz CT molecular complexity index is 1490. The standard InChI is InChI=1S/C32H37N3O10/c1-32(2,3)33(31(38)24-13-9-22(10-14-24)19-45-35(41)42)17-26(23-11-7-21(8-12-23)18-44-34(39)40)20-43-30-6-4-5-25-15-28(36)29(37)16-27(25)30/h4-14,26,28-29,36-37H,15-20H2,1-3H3. The maximum Gasteiger partial charge on any atom is 0.294 e. The monoisotopic (exact) mass is 623 g/mol. The normalized spacial score (nSPS) is 16.6. The summed E-state index contributed by atoms with van der Waals surface area (Å²) in [5.74, 6) is -0.0125. The number of amides is 1. The largest absolute Gasteiger partial charge is 0.493 e. The molecular weight excluding hydrogens is 586 g/mol. The molecule has 0 aliphatic heterocycles. The number of hydrogen-bond donors (Lipinski definition) is 2. The van der Waals surface area contributed by atoms with Gasteiger partial charge in [0.05, 0.1) is 18.8 Å². The average Bonchev–Trinajstić information content (AvgIpc) is 2.99. The number of carbonyl (C=O) groups is 1. The summed E-state index contributed by atoms with van der Waals surface area (Å²) >= 11 is 0. The number of ether oxygens (including phenoxy) is 1. The van der Waals surface area contributed by atoms with E-state index < -0.39 is 27.9 Å². The van der Waals surface area contributed by atoms with Crippen molar-refractivity contribution in [3.63, 3.8) is 0 Å². The van der Waals surface area contributed by atoms with E-state index >= 15 is 0 Å². The molecule has 2 N–H and O–H groups in total. The molecule has 0 aromatic heterocycles. The lowest BCUT2D eigenvalue weighted by atomic mass is 9.87. The third kappa shape index (κ3) is 8.89. The molecule has 45 heavy (non-hydrogen) atoms. The highest BCUT2D eigenvalue weighted by Crippen LogP contribution is 2.32. The maximum atomic E-state index is 13.9. The van der Waals surface area contributed by atoms with Gasteiger partial charge in [0.2, 0.25) is 0 Å². The molecule has 0 heterocycles. The van der Waals surface area contributed by atoms with E-state index in [-0.39, 0.29) is 44.6 Å². The third-order valence-corrected chi connectivity index (χ3v) is 7.74. The van der Waals surface area contributed by atoms with Gasteiger partial charge in [0.15, 0.2) is 0 Å². The second-order valence-corrected chi connectivity index (χ2v) is 12.0. The molecule has 0 spiro atoms. The fourth-order valence-electron chi connectivity index (χ4n) is 5.24. The second-order valence-electron chi connectivity index (χ2n) is 12.0. The van der Waals surface area contributed by atoms with Crippen LogP contribution in [0.3, 0.4) is 0 Å². The SMILES string of the molecule is CC(C)(C)N(CC(COc1cccc2c1CC(O)C(O)C2)c1ccc(CO[N+](=O)[O-])cc1)C(=O)c1ccc(CO[N+](=O)[O-])cc1. The van der Waals surface area contributed by atoms with E-state index in [0.717, 1.165) is 16.7 Å². The van der Waals surface area contributed by atoms with Crippen LogP contribution in [0.1, 0.15) is 64.9 Å². The highest BCUT2D eigenvalue weighted by Gasteiger charge is 2.32. The molecule has 4 rings (SSSR count).